The summed E-state index contributed by atoms with van der Waals surface area (Å²) in [5, 5.41) is 15.3. The van der Waals surface area contributed by atoms with E-state index < -0.39 is 0 Å². The number of ether oxygens (including phenoxy) is 3. The van der Waals surface area contributed by atoms with Crippen LogP contribution in [0.4, 0.5) is 0 Å². The first-order valence-electron chi connectivity index (χ1n) is 10.9. The van der Waals surface area contributed by atoms with E-state index in [9.17, 15) is 0 Å². The molecule has 1 N–H and O–H groups in total. The van der Waals surface area contributed by atoms with Gasteiger partial charge in [-0.1, -0.05) is 47.6 Å². The number of halogens is 1. The number of nitrogens with one attached hydrogen (secondary N) is 1. The molecule has 3 aromatic carbocycles. The standard InChI is InChI=1S/C25H27N5O3.ClH/c1-3-32-24-17-19(18-26-16-15-20-9-7-8-12-22(20)31-2)13-14-23(24)33-25-27-28-29-30(25)21-10-5-4-6-11-21;/h4-14,17,26H,3,15-16,18H2,1-2H3;1H. The van der Waals surface area contributed by atoms with E-state index >= 15 is 0 Å². The first kappa shape index (κ1) is 25.0. The van der Waals surface area contributed by atoms with Gasteiger partial charge in [-0.25, -0.2) is 0 Å². The number of hydrogen-bond donors (Lipinski definition) is 1. The summed E-state index contributed by atoms with van der Waals surface area (Å²) in [5.41, 5.74) is 3.09. The molecule has 0 radical (unpaired) electrons. The number of para-hydroxylation sites is 2. The van der Waals surface area contributed by atoms with Crippen LogP contribution in [0.15, 0.2) is 72.8 Å². The Bertz CT molecular complexity index is 1170. The molecule has 0 aliphatic rings. The van der Waals surface area contributed by atoms with Crippen molar-refractivity contribution in [2.75, 3.05) is 20.3 Å². The Morgan fingerprint density at radius 2 is 1.71 bits per heavy atom. The highest BCUT2D eigenvalue weighted by atomic mass is 35.5. The van der Waals surface area contributed by atoms with Crippen molar-refractivity contribution in [3.63, 3.8) is 0 Å². The SMILES string of the molecule is CCOc1cc(CNCCc2ccccc2OC)ccc1Oc1nnnn1-c1ccccc1.Cl. The highest BCUT2D eigenvalue weighted by Crippen LogP contribution is 2.32. The lowest BCUT2D eigenvalue weighted by molar-refractivity contribution is 0.315. The van der Waals surface area contributed by atoms with Crippen LogP contribution in [0.2, 0.25) is 0 Å². The number of benzene rings is 3. The van der Waals surface area contributed by atoms with Gasteiger partial charge in [0.25, 0.3) is 0 Å². The van der Waals surface area contributed by atoms with Crippen molar-refractivity contribution in [2.24, 2.45) is 0 Å². The van der Waals surface area contributed by atoms with Crippen LogP contribution in [0.3, 0.4) is 0 Å². The van der Waals surface area contributed by atoms with Crippen LogP contribution in [0.1, 0.15) is 18.1 Å². The number of nitrogens with zero attached hydrogens (tertiary/aromatic N) is 4. The van der Waals surface area contributed by atoms with Crippen molar-refractivity contribution in [3.05, 3.63) is 83.9 Å². The van der Waals surface area contributed by atoms with Crippen molar-refractivity contribution in [3.8, 4) is 28.9 Å². The molecule has 0 amide bonds. The zero-order valence-electron chi connectivity index (χ0n) is 19.2. The third kappa shape index (κ3) is 6.24. The van der Waals surface area contributed by atoms with E-state index in [-0.39, 0.29) is 18.4 Å². The molecule has 4 rings (SSSR count). The Hall–Kier alpha value is -3.62. The minimum Gasteiger partial charge on any atom is -0.496 e. The molecule has 0 aliphatic heterocycles. The molecule has 178 valence electrons. The monoisotopic (exact) mass is 481 g/mol. The van der Waals surface area contributed by atoms with Crippen molar-refractivity contribution < 1.29 is 14.2 Å². The fraction of sp³-hybridized carbons (Fsp3) is 0.240. The number of hydrogen-bond acceptors (Lipinski definition) is 7. The molecule has 0 fully saturated rings. The Balaban J connectivity index is 0.00000324. The van der Waals surface area contributed by atoms with Crippen LogP contribution in [0, 0.1) is 0 Å². The zero-order valence-corrected chi connectivity index (χ0v) is 20.0. The van der Waals surface area contributed by atoms with Gasteiger partial charge in [0.2, 0.25) is 0 Å². The van der Waals surface area contributed by atoms with E-state index in [0.29, 0.717) is 24.7 Å². The van der Waals surface area contributed by atoms with Crippen molar-refractivity contribution in [2.45, 2.75) is 19.9 Å². The molecule has 8 nitrogen and oxygen atoms in total. The number of aromatic nitrogens is 4. The number of methoxy groups -OCH3 is 1. The molecule has 0 unspecified atom stereocenters. The van der Waals surface area contributed by atoms with Gasteiger partial charge in [-0.05, 0) is 71.8 Å². The van der Waals surface area contributed by atoms with E-state index in [1.54, 1.807) is 11.8 Å². The summed E-state index contributed by atoms with van der Waals surface area (Å²) in [6, 6.07) is 23.8. The molecule has 34 heavy (non-hydrogen) atoms. The number of rotatable bonds is 11. The molecule has 0 saturated carbocycles. The quantitative estimate of drug-likeness (QED) is 0.313. The Labute approximate surface area is 205 Å². The second-order valence-corrected chi connectivity index (χ2v) is 7.26. The summed E-state index contributed by atoms with van der Waals surface area (Å²) in [5.74, 6) is 2.11. The molecule has 0 atom stereocenters. The van der Waals surface area contributed by atoms with Crippen molar-refractivity contribution >= 4 is 12.4 Å². The normalized spacial score (nSPS) is 10.4. The molecule has 4 aromatic rings. The minimum absolute atomic E-state index is 0. The summed E-state index contributed by atoms with van der Waals surface area (Å²) in [6.07, 6.45) is 0.881. The molecule has 1 heterocycles. The van der Waals surface area contributed by atoms with Gasteiger partial charge in [0.15, 0.2) is 11.5 Å². The van der Waals surface area contributed by atoms with E-state index in [4.69, 9.17) is 14.2 Å². The van der Waals surface area contributed by atoms with Crippen LogP contribution < -0.4 is 19.5 Å². The lowest BCUT2D eigenvalue weighted by atomic mass is 10.1. The summed E-state index contributed by atoms with van der Waals surface area (Å²) in [7, 11) is 1.70. The van der Waals surface area contributed by atoms with Crippen LogP contribution in [-0.4, -0.2) is 40.5 Å². The number of tetrazole rings is 1. The maximum atomic E-state index is 6.02. The topological polar surface area (TPSA) is 83.3 Å². The Kier molecular flexibility index (Phi) is 9.25. The first-order chi connectivity index (χ1) is 16.3. The molecule has 9 heteroatoms. The van der Waals surface area contributed by atoms with E-state index in [0.717, 1.165) is 30.0 Å². The van der Waals surface area contributed by atoms with E-state index in [1.807, 2.05) is 73.7 Å². The smallest absolute Gasteiger partial charge is 0.346 e. The molecule has 0 spiro atoms. The predicted octanol–water partition coefficient (Wildman–Crippen LogP) is 4.62. The second kappa shape index (κ2) is 12.6. The Morgan fingerprint density at radius 1 is 0.912 bits per heavy atom. The molecular weight excluding hydrogens is 454 g/mol. The molecule has 0 bridgehead atoms. The molecule has 0 aliphatic carbocycles. The van der Waals surface area contributed by atoms with Gasteiger partial charge < -0.3 is 19.5 Å². The molecular formula is C25H28ClN5O3. The highest BCUT2D eigenvalue weighted by Gasteiger charge is 2.14. The molecule has 0 saturated heterocycles. The van der Waals surface area contributed by atoms with Crippen LogP contribution in [0.25, 0.3) is 5.69 Å². The average Bonchev–Trinajstić information content (AvgIpc) is 3.32. The maximum absolute atomic E-state index is 6.02. The highest BCUT2D eigenvalue weighted by molar-refractivity contribution is 5.85. The lowest BCUT2D eigenvalue weighted by Crippen LogP contribution is -2.17. The van der Waals surface area contributed by atoms with Crippen LogP contribution in [-0.2, 0) is 13.0 Å². The summed E-state index contributed by atoms with van der Waals surface area (Å²) < 4.78 is 18.8. The van der Waals surface area contributed by atoms with Crippen molar-refractivity contribution in [1.82, 2.24) is 25.5 Å². The zero-order chi connectivity index (χ0) is 22.9. The predicted molar refractivity (Wildman–Crippen MR) is 132 cm³/mol. The minimum atomic E-state index is 0. The second-order valence-electron chi connectivity index (χ2n) is 7.26. The summed E-state index contributed by atoms with van der Waals surface area (Å²) in [6.45, 7) is 3.99. The van der Waals surface area contributed by atoms with Gasteiger partial charge >= 0.3 is 6.01 Å². The van der Waals surface area contributed by atoms with Gasteiger partial charge in [-0.3, -0.25) is 0 Å². The van der Waals surface area contributed by atoms with Gasteiger partial charge in [0, 0.05) is 6.54 Å². The fourth-order valence-electron chi connectivity index (χ4n) is 3.45. The van der Waals surface area contributed by atoms with Crippen molar-refractivity contribution in [1.29, 1.82) is 0 Å². The van der Waals surface area contributed by atoms with Gasteiger partial charge in [0.05, 0.1) is 19.4 Å². The third-order valence-electron chi connectivity index (χ3n) is 5.04. The third-order valence-corrected chi connectivity index (χ3v) is 5.04. The summed E-state index contributed by atoms with van der Waals surface area (Å²) in [4.78, 5) is 0. The van der Waals surface area contributed by atoms with Gasteiger partial charge in [-0.2, -0.15) is 4.68 Å². The van der Waals surface area contributed by atoms with E-state index in [1.165, 1.54) is 5.56 Å². The lowest BCUT2D eigenvalue weighted by Gasteiger charge is -2.13. The summed E-state index contributed by atoms with van der Waals surface area (Å²) >= 11 is 0. The van der Waals surface area contributed by atoms with Crippen LogP contribution >= 0.6 is 12.4 Å². The Morgan fingerprint density at radius 3 is 2.50 bits per heavy atom. The maximum Gasteiger partial charge on any atom is 0.346 e. The first-order valence-corrected chi connectivity index (χ1v) is 10.9. The van der Waals surface area contributed by atoms with E-state index in [2.05, 4.69) is 26.9 Å². The molecule has 1 aromatic heterocycles. The van der Waals surface area contributed by atoms with Gasteiger partial charge in [0.1, 0.15) is 5.75 Å². The van der Waals surface area contributed by atoms with Gasteiger partial charge in [-0.15, -0.1) is 12.4 Å². The fourth-order valence-corrected chi connectivity index (χ4v) is 3.45. The largest absolute Gasteiger partial charge is 0.496 e. The van der Waals surface area contributed by atoms with Crippen LogP contribution in [0.5, 0.6) is 23.3 Å². The average molecular weight is 482 g/mol.